The van der Waals surface area contributed by atoms with E-state index in [2.05, 4.69) is 215 Å². The fourth-order valence-electron chi connectivity index (χ4n) is 9.79. The van der Waals surface area contributed by atoms with Crippen LogP contribution in [0.1, 0.15) is 0 Å². The first-order chi connectivity index (χ1) is 29.8. The third kappa shape index (κ3) is 4.73. The molecule has 0 aliphatic heterocycles. The van der Waals surface area contributed by atoms with Gasteiger partial charge in [0.2, 0.25) is 0 Å². The molecule has 10 aromatic carbocycles. The summed E-state index contributed by atoms with van der Waals surface area (Å²) in [6, 6.07) is 74.2. The van der Waals surface area contributed by atoms with Crippen molar-refractivity contribution in [3.05, 3.63) is 206 Å². The van der Waals surface area contributed by atoms with Gasteiger partial charge >= 0.3 is 0 Å². The van der Waals surface area contributed by atoms with E-state index in [1.807, 2.05) is 0 Å². The molecule has 0 atom stereocenters. The number of benzene rings is 10. The number of para-hydroxylation sites is 3. The Morgan fingerprint density at radius 1 is 0.283 bits per heavy atom. The molecule has 13 rings (SSSR count). The van der Waals surface area contributed by atoms with Crippen LogP contribution in [0.5, 0.6) is 0 Å². The standard InChI is InChI=1S/C56H34N4/c1-3-15-35(16-4-1)51-52(58-54-46-24-10-8-20-42(46)41-19-7-9-23-45(41)53(54)57-51)38-28-27-37-34-40(30-29-36(37)33-38)60-50-26-14-12-22-44(50)48-32-31-47-43-21-11-13-25-49(43)59(55(47)56(48)60)39-17-5-2-6-18-39/h1-34H. The summed E-state index contributed by atoms with van der Waals surface area (Å²) in [6.07, 6.45) is 0. The molecular formula is C56H34N4. The van der Waals surface area contributed by atoms with Crippen LogP contribution in [0.15, 0.2) is 206 Å². The van der Waals surface area contributed by atoms with Crippen LogP contribution in [0, 0.1) is 0 Å². The zero-order valence-corrected chi connectivity index (χ0v) is 32.4. The minimum Gasteiger partial charge on any atom is -0.307 e. The van der Waals surface area contributed by atoms with Gasteiger partial charge in [-0.1, -0.05) is 164 Å². The molecule has 60 heavy (non-hydrogen) atoms. The molecule has 0 saturated carbocycles. The molecule has 0 fully saturated rings. The normalized spacial score (nSPS) is 12.0. The van der Waals surface area contributed by atoms with Gasteiger partial charge in [-0.15, -0.1) is 0 Å². The maximum absolute atomic E-state index is 5.54. The summed E-state index contributed by atoms with van der Waals surface area (Å²) in [5.41, 5.74) is 12.7. The van der Waals surface area contributed by atoms with Crippen LogP contribution >= 0.6 is 0 Å². The SMILES string of the molecule is c1ccc(-c2nc3c4ccccc4c4ccccc4c3nc2-c2ccc3cc(-n4c5ccccc5c5ccc6c7ccccc7n(-c7ccccc7)c6c54)ccc3c2)cc1. The van der Waals surface area contributed by atoms with Gasteiger partial charge in [-0.3, -0.25) is 0 Å². The molecule has 0 amide bonds. The van der Waals surface area contributed by atoms with Gasteiger partial charge in [-0.2, -0.15) is 0 Å². The zero-order valence-electron chi connectivity index (χ0n) is 32.4. The van der Waals surface area contributed by atoms with Gasteiger partial charge in [0.05, 0.1) is 44.5 Å². The Morgan fingerprint density at radius 2 is 0.733 bits per heavy atom. The minimum absolute atomic E-state index is 0.874. The van der Waals surface area contributed by atoms with E-state index in [1.165, 1.54) is 54.4 Å². The summed E-state index contributed by atoms with van der Waals surface area (Å²) in [6.45, 7) is 0. The average molecular weight is 763 g/mol. The predicted octanol–water partition coefficient (Wildman–Crippen LogP) is 14.6. The summed E-state index contributed by atoms with van der Waals surface area (Å²) < 4.78 is 4.91. The highest BCUT2D eigenvalue weighted by Gasteiger charge is 2.22. The molecule has 4 nitrogen and oxygen atoms in total. The molecule has 0 aliphatic carbocycles. The molecule has 0 N–H and O–H groups in total. The van der Waals surface area contributed by atoms with E-state index in [4.69, 9.17) is 9.97 Å². The van der Waals surface area contributed by atoms with Crippen LogP contribution < -0.4 is 0 Å². The van der Waals surface area contributed by atoms with Crippen molar-refractivity contribution < 1.29 is 0 Å². The van der Waals surface area contributed by atoms with Crippen LogP contribution in [-0.2, 0) is 0 Å². The van der Waals surface area contributed by atoms with E-state index in [9.17, 15) is 0 Å². The van der Waals surface area contributed by atoms with Crippen LogP contribution in [0.3, 0.4) is 0 Å². The molecule has 3 aromatic heterocycles. The van der Waals surface area contributed by atoms with Gasteiger partial charge in [0.15, 0.2) is 0 Å². The zero-order chi connectivity index (χ0) is 39.3. The first-order valence-corrected chi connectivity index (χ1v) is 20.5. The number of aromatic nitrogens is 4. The average Bonchev–Trinajstić information content (AvgIpc) is 3.85. The van der Waals surface area contributed by atoms with Crippen LogP contribution in [-0.4, -0.2) is 19.1 Å². The Labute approximate surface area is 344 Å². The molecule has 0 saturated heterocycles. The van der Waals surface area contributed by atoms with E-state index in [0.717, 1.165) is 66.5 Å². The molecule has 3 heterocycles. The highest BCUT2D eigenvalue weighted by atomic mass is 15.0. The first-order valence-electron chi connectivity index (χ1n) is 20.5. The number of fused-ring (bicyclic) bond motifs is 14. The summed E-state index contributed by atoms with van der Waals surface area (Å²) in [5.74, 6) is 0. The molecule has 0 spiro atoms. The van der Waals surface area contributed by atoms with Gasteiger partial charge in [-0.25, -0.2) is 9.97 Å². The summed E-state index contributed by atoms with van der Waals surface area (Å²) >= 11 is 0. The van der Waals surface area contributed by atoms with Crippen LogP contribution in [0.4, 0.5) is 0 Å². The largest absolute Gasteiger partial charge is 0.307 e. The summed E-state index contributed by atoms with van der Waals surface area (Å²) in [7, 11) is 0. The van der Waals surface area contributed by atoms with Gasteiger partial charge in [0.1, 0.15) is 0 Å². The van der Waals surface area contributed by atoms with E-state index >= 15 is 0 Å². The topological polar surface area (TPSA) is 35.6 Å². The van der Waals surface area contributed by atoms with Crippen molar-refractivity contribution in [3.8, 4) is 33.9 Å². The third-order valence-corrected chi connectivity index (χ3v) is 12.4. The lowest BCUT2D eigenvalue weighted by molar-refractivity contribution is 1.15. The second-order valence-electron chi connectivity index (χ2n) is 15.7. The Bertz CT molecular complexity index is 3880. The number of hydrogen-bond donors (Lipinski definition) is 0. The van der Waals surface area contributed by atoms with Crippen molar-refractivity contribution >= 4 is 87.0 Å². The third-order valence-electron chi connectivity index (χ3n) is 12.4. The molecule has 278 valence electrons. The Balaban J connectivity index is 1.05. The monoisotopic (exact) mass is 762 g/mol. The van der Waals surface area contributed by atoms with Crippen molar-refractivity contribution in [1.29, 1.82) is 0 Å². The fourth-order valence-corrected chi connectivity index (χ4v) is 9.79. The van der Waals surface area contributed by atoms with Crippen LogP contribution in [0.25, 0.3) is 121 Å². The maximum Gasteiger partial charge on any atom is 0.0979 e. The van der Waals surface area contributed by atoms with E-state index in [0.29, 0.717) is 0 Å². The Kier molecular flexibility index (Phi) is 6.98. The van der Waals surface area contributed by atoms with E-state index < -0.39 is 0 Å². The highest BCUT2D eigenvalue weighted by Crippen LogP contribution is 2.43. The Hall–Kier alpha value is -8.08. The van der Waals surface area contributed by atoms with Crippen molar-refractivity contribution in [2.24, 2.45) is 0 Å². The molecule has 4 heteroatoms. The second kappa shape index (κ2) is 12.7. The molecular weight excluding hydrogens is 729 g/mol. The fraction of sp³-hybridized carbons (Fsp3) is 0. The van der Waals surface area contributed by atoms with Crippen LogP contribution in [0.2, 0.25) is 0 Å². The highest BCUT2D eigenvalue weighted by molar-refractivity contribution is 6.25. The van der Waals surface area contributed by atoms with Crippen molar-refractivity contribution in [2.75, 3.05) is 0 Å². The van der Waals surface area contributed by atoms with E-state index in [1.54, 1.807) is 0 Å². The predicted molar refractivity (Wildman–Crippen MR) is 252 cm³/mol. The number of rotatable bonds is 4. The van der Waals surface area contributed by atoms with Gasteiger partial charge < -0.3 is 9.13 Å². The van der Waals surface area contributed by atoms with Crippen molar-refractivity contribution in [1.82, 2.24) is 19.1 Å². The lowest BCUT2D eigenvalue weighted by atomic mass is 9.97. The van der Waals surface area contributed by atoms with Crippen molar-refractivity contribution in [2.45, 2.75) is 0 Å². The maximum atomic E-state index is 5.54. The van der Waals surface area contributed by atoms with Gasteiger partial charge in [0, 0.05) is 54.8 Å². The summed E-state index contributed by atoms with van der Waals surface area (Å²) in [4.78, 5) is 11.0. The molecule has 0 unspecified atom stereocenters. The Morgan fingerprint density at radius 3 is 1.33 bits per heavy atom. The quantitative estimate of drug-likeness (QED) is 0.167. The lowest BCUT2D eigenvalue weighted by Gasteiger charge is -2.15. The molecule has 0 bridgehead atoms. The van der Waals surface area contributed by atoms with Gasteiger partial charge in [-0.05, 0) is 64.0 Å². The lowest BCUT2D eigenvalue weighted by Crippen LogP contribution is -1.99. The number of hydrogen-bond acceptors (Lipinski definition) is 2. The first kappa shape index (κ1) is 32.9. The van der Waals surface area contributed by atoms with Crippen molar-refractivity contribution in [3.63, 3.8) is 0 Å². The second-order valence-corrected chi connectivity index (χ2v) is 15.7. The molecule has 0 radical (unpaired) electrons. The van der Waals surface area contributed by atoms with Gasteiger partial charge in [0.25, 0.3) is 0 Å². The number of nitrogens with zero attached hydrogens (tertiary/aromatic N) is 4. The molecule has 13 aromatic rings. The smallest absolute Gasteiger partial charge is 0.0979 e. The summed E-state index contributed by atoms with van der Waals surface area (Å²) in [5, 5.41) is 11.8. The minimum atomic E-state index is 0.874. The molecule has 0 aliphatic rings. The van der Waals surface area contributed by atoms with E-state index in [-0.39, 0.29) is 0 Å².